The van der Waals surface area contributed by atoms with Crippen molar-refractivity contribution in [1.29, 1.82) is 0 Å². The molecule has 0 aliphatic carbocycles. The number of nitrogens with zero attached hydrogens (tertiary/aromatic N) is 2. The summed E-state index contributed by atoms with van der Waals surface area (Å²) in [4.78, 5) is 8.38. The van der Waals surface area contributed by atoms with Gasteiger partial charge in [0.05, 0.1) is 39.7 Å². The van der Waals surface area contributed by atoms with Crippen LogP contribution in [0.25, 0.3) is 33.4 Å². The molecule has 2 fully saturated rings. The second-order valence-corrected chi connectivity index (χ2v) is 13.1. The molecular weight excluding hydrogens is 569 g/mol. The molecule has 4 heterocycles. The van der Waals surface area contributed by atoms with Crippen molar-refractivity contribution in [2.24, 2.45) is 4.36 Å². The molecule has 0 unspecified atom stereocenters. The number of aliphatic hydroxyl groups is 1. The fourth-order valence-electron chi connectivity index (χ4n) is 5.65. The standard InChI is InChI=1S/C33H30FN3O5S/c1-43(39,24-5-3-2-4-6-24)37-23-13-11-21(12-14-23)20-7-9-22(10-8-20)31-25(34)17-26-27(36-31)18-30(35-26)42-29-15-16-40-32-28(38)19-41-33(29)32/h2-14,17-18,28-29,32-33,35,38H,15-16,19H2,1H3/t28-,29-,32-,33-,43-/m1/s1. The number of aromatic amines is 1. The smallest absolute Gasteiger partial charge is 0.193 e. The summed E-state index contributed by atoms with van der Waals surface area (Å²) < 4.78 is 50.3. The van der Waals surface area contributed by atoms with Crippen molar-refractivity contribution < 1.29 is 27.9 Å². The van der Waals surface area contributed by atoms with Crippen LogP contribution < -0.4 is 4.74 Å². The molecule has 7 rings (SSSR count). The van der Waals surface area contributed by atoms with Crippen molar-refractivity contribution >= 4 is 26.4 Å². The fraction of sp³-hybridized carbons (Fsp3) is 0.242. The van der Waals surface area contributed by atoms with Gasteiger partial charge in [-0.15, -0.1) is 0 Å². The monoisotopic (exact) mass is 599 g/mol. The Morgan fingerprint density at radius 2 is 1.65 bits per heavy atom. The first-order valence-corrected chi connectivity index (χ1v) is 16.0. The zero-order valence-corrected chi connectivity index (χ0v) is 24.2. The fourth-order valence-corrected chi connectivity index (χ4v) is 6.94. The molecule has 2 aliphatic heterocycles. The van der Waals surface area contributed by atoms with E-state index >= 15 is 4.39 Å². The number of rotatable bonds is 6. The zero-order chi connectivity index (χ0) is 29.6. The molecule has 2 aliphatic rings. The minimum absolute atomic E-state index is 0.217. The van der Waals surface area contributed by atoms with Crippen LogP contribution in [0, 0.1) is 5.82 Å². The van der Waals surface area contributed by atoms with Crippen LogP contribution in [-0.4, -0.2) is 63.2 Å². The number of aliphatic hydroxyl groups excluding tert-OH is 1. The van der Waals surface area contributed by atoms with E-state index in [1.165, 1.54) is 6.07 Å². The van der Waals surface area contributed by atoms with Crippen molar-refractivity contribution in [3.8, 4) is 28.3 Å². The van der Waals surface area contributed by atoms with E-state index in [0.29, 0.717) is 46.1 Å². The molecule has 2 N–H and O–H groups in total. The van der Waals surface area contributed by atoms with E-state index in [0.717, 1.165) is 11.1 Å². The van der Waals surface area contributed by atoms with E-state index in [1.807, 2.05) is 78.9 Å². The Balaban J connectivity index is 1.09. The third kappa shape index (κ3) is 5.54. The first kappa shape index (κ1) is 27.7. The van der Waals surface area contributed by atoms with Gasteiger partial charge in [0, 0.05) is 35.3 Å². The molecule has 0 spiro atoms. The van der Waals surface area contributed by atoms with Crippen LogP contribution >= 0.6 is 0 Å². The molecule has 2 saturated heterocycles. The Labute approximate surface area is 248 Å². The highest BCUT2D eigenvalue weighted by Crippen LogP contribution is 2.33. The number of pyridine rings is 1. The van der Waals surface area contributed by atoms with Crippen LogP contribution in [0.5, 0.6) is 5.88 Å². The van der Waals surface area contributed by atoms with Crippen molar-refractivity contribution in [3.05, 3.63) is 96.8 Å². The number of aromatic nitrogens is 2. The van der Waals surface area contributed by atoms with Crippen molar-refractivity contribution in [3.63, 3.8) is 0 Å². The second-order valence-electron chi connectivity index (χ2n) is 10.9. The molecule has 43 heavy (non-hydrogen) atoms. The number of benzene rings is 3. The molecule has 8 nitrogen and oxygen atoms in total. The predicted molar refractivity (Wildman–Crippen MR) is 162 cm³/mol. The lowest BCUT2D eigenvalue weighted by Crippen LogP contribution is -2.48. The summed E-state index contributed by atoms with van der Waals surface area (Å²) in [7, 11) is -2.56. The summed E-state index contributed by atoms with van der Waals surface area (Å²) in [6.07, 6.45) is 0.529. The SMILES string of the molecule is C[S@](=O)(=Nc1ccc(-c2ccc(-c3nc4cc(O[C@@H]5CCO[C@H]6[C@@H]5OC[C@H]6O)[nH]c4cc3F)cc2)cc1)c1ccccc1. The molecule has 0 radical (unpaired) electrons. The van der Waals surface area contributed by atoms with E-state index in [4.69, 9.17) is 14.2 Å². The van der Waals surface area contributed by atoms with Gasteiger partial charge in [-0.25, -0.2) is 13.6 Å². The average molecular weight is 600 g/mol. The van der Waals surface area contributed by atoms with E-state index in [2.05, 4.69) is 14.3 Å². The maximum Gasteiger partial charge on any atom is 0.193 e. The van der Waals surface area contributed by atoms with Gasteiger partial charge in [0.2, 0.25) is 0 Å². The lowest BCUT2D eigenvalue weighted by atomic mass is 10.0. The lowest BCUT2D eigenvalue weighted by molar-refractivity contribution is -0.118. The van der Waals surface area contributed by atoms with Gasteiger partial charge in [-0.05, 0) is 35.4 Å². The van der Waals surface area contributed by atoms with E-state index in [1.54, 1.807) is 12.3 Å². The molecule has 0 amide bonds. The van der Waals surface area contributed by atoms with Gasteiger partial charge < -0.3 is 24.3 Å². The molecule has 0 bridgehead atoms. The Morgan fingerprint density at radius 1 is 0.953 bits per heavy atom. The number of nitrogens with one attached hydrogen (secondary N) is 1. The summed E-state index contributed by atoms with van der Waals surface area (Å²) in [6.45, 7) is 0.683. The third-order valence-electron chi connectivity index (χ3n) is 7.87. The molecule has 3 aromatic carbocycles. The minimum atomic E-state index is -2.56. The predicted octanol–water partition coefficient (Wildman–Crippen LogP) is 6.12. The Morgan fingerprint density at radius 3 is 2.40 bits per heavy atom. The summed E-state index contributed by atoms with van der Waals surface area (Å²) in [5.74, 6) is 0.0115. The van der Waals surface area contributed by atoms with Crippen molar-refractivity contribution in [2.75, 3.05) is 19.5 Å². The topological polar surface area (TPSA) is 106 Å². The van der Waals surface area contributed by atoms with Gasteiger partial charge >= 0.3 is 0 Å². The van der Waals surface area contributed by atoms with Gasteiger partial charge in [-0.1, -0.05) is 54.6 Å². The summed E-state index contributed by atoms with van der Waals surface area (Å²) in [6, 6.07) is 27.5. The van der Waals surface area contributed by atoms with Crippen LogP contribution in [0.1, 0.15) is 6.42 Å². The van der Waals surface area contributed by atoms with Gasteiger partial charge in [0.25, 0.3) is 0 Å². The highest BCUT2D eigenvalue weighted by Gasteiger charge is 2.45. The second kappa shape index (κ2) is 11.2. The van der Waals surface area contributed by atoms with Gasteiger partial charge in [0.1, 0.15) is 30.1 Å². The molecule has 220 valence electrons. The van der Waals surface area contributed by atoms with Crippen LogP contribution in [-0.2, 0) is 19.2 Å². The van der Waals surface area contributed by atoms with Crippen molar-refractivity contribution in [1.82, 2.24) is 9.97 Å². The third-order valence-corrected chi connectivity index (χ3v) is 9.58. The maximum absolute atomic E-state index is 15.2. The zero-order valence-electron chi connectivity index (χ0n) is 23.4. The van der Waals surface area contributed by atoms with Crippen LogP contribution in [0.3, 0.4) is 0 Å². The van der Waals surface area contributed by atoms with Gasteiger partial charge in [0.15, 0.2) is 11.7 Å². The largest absolute Gasteiger partial charge is 0.473 e. The molecule has 10 heteroatoms. The number of H-pyrrole nitrogens is 1. The van der Waals surface area contributed by atoms with Crippen LogP contribution in [0.15, 0.2) is 100 Å². The van der Waals surface area contributed by atoms with Crippen LogP contribution in [0.4, 0.5) is 10.1 Å². The van der Waals surface area contributed by atoms with E-state index in [9.17, 15) is 9.32 Å². The van der Waals surface area contributed by atoms with Gasteiger partial charge in [-0.2, -0.15) is 4.36 Å². The Kier molecular flexibility index (Phi) is 7.22. The molecule has 0 saturated carbocycles. The number of ether oxygens (including phenoxy) is 3. The molecule has 5 atom stereocenters. The molecule has 5 aromatic rings. The number of hydrogen-bond acceptors (Lipinski definition) is 7. The highest BCUT2D eigenvalue weighted by molar-refractivity contribution is 7.93. The number of hydrogen-bond donors (Lipinski definition) is 2. The summed E-state index contributed by atoms with van der Waals surface area (Å²) in [5.41, 5.74) is 4.53. The lowest BCUT2D eigenvalue weighted by Gasteiger charge is -2.33. The Hall–Kier alpha value is -4.09. The number of fused-ring (bicyclic) bond motifs is 2. The summed E-state index contributed by atoms with van der Waals surface area (Å²) >= 11 is 0. The first-order valence-electron chi connectivity index (χ1n) is 14.1. The van der Waals surface area contributed by atoms with Gasteiger partial charge in [-0.3, -0.25) is 0 Å². The molecular formula is C33H30FN3O5S. The number of halogens is 1. The summed E-state index contributed by atoms with van der Waals surface area (Å²) in [5, 5.41) is 10.1. The minimum Gasteiger partial charge on any atom is -0.473 e. The van der Waals surface area contributed by atoms with Crippen LogP contribution in [0.2, 0.25) is 0 Å². The van der Waals surface area contributed by atoms with E-state index in [-0.39, 0.29) is 24.5 Å². The average Bonchev–Trinajstić information content (AvgIpc) is 3.60. The quantitative estimate of drug-likeness (QED) is 0.244. The highest BCUT2D eigenvalue weighted by atomic mass is 32.2. The maximum atomic E-state index is 15.2. The van der Waals surface area contributed by atoms with Crippen molar-refractivity contribution in [2.45, 2.75) is 35.7 Å². The Bertz CT molecular complexity index is 1890. The normalized spacial score (nSPS) is 23.0. The van der Waals surface area contributed by atoms with E-state index < -0.39 is 27.8 Å². The first-order chi connectivity index (χ1) is 20.8. The molecule has 2 aromatic heterocycles.